The Morgan fingerprint density at radius 3 is 2.29 bits per heavy atom. The van der Waals surface area contributed by atoms with E-state index in [-0.39, 0.29) is 23.1 Å². The molecule has 0 heterocycles. The van der Waals surface area contributed by atoms with Crippen LogP contribution in [0, 0.1) is 0 Å². The Labute approximate surface area is 205 Å². The quantitative estimate of drug-likeness (QED) is 0.332. The Morgan fingerprint density at radius 1 is 0.886 bits per heavy atom. The van der Waals surface area contributed by atoms with Crippen molar-refractivity contribution in [2.24, 2.45) is 0 Å². The van der Waals surface area contributed by atoms with Crippen molar-refractivity contribution in [2.45, 2.75) is 37.6 Å². The first kappa shape index (κ1) is 24.6. The minimum absolute atomic E-state index is 0.0767. The second kappa shape index (κ2) is 10.8. The number of rotatable bonds is 10. The van der Waals surface area contributed by atoms with E-state index in [0.717, 1.165) is 18.6 Å². The molecule has 0 fully saturated rings. The number of Topliss-reactive ketones (excluding diaryl/α,β-unsaturated/α-hetero) is 1. The molecule has 0 bridgehead atoms. The highest BCUT2D eigenvalue weighted by Gasteiger charge is 2.15. The molecule has 0 saturated heterocycles. The summed E-state index contributed by atoms with van der Waals surface area (Å²) in [6, 6.07) is 18.7. The SMILES string of the molecule is CC(=O)c1ccc(S(=O)(=O)NCc2ccc(C(=O)NCCOc3ccc4c(c3)CCC4)cc2)cc1. The van der Waals surface area contributed by atoms with Gasteiger partial charge in [-0.3, -0.25) is 9.59 Å². The zero-order valence-corrected chi connectivity index (χ0v) is 20.4. The van der Waals surface area contributed by atoms with Crippen molar-refractivity contribution in [3.8, 4) is 5.75 Å². The van der Waals surface area contributed by atoms with Gasteiger partial charge in [-0.2, -0.15) is 0 Å². The van der Waals surface area contributed by atoms with Crippen molar-refractivity contribution in [3.05, 3.63) is 94.5 Å². The highest BCUT2D eigenvalue weighted by molar-refractivity contribution is 7.89. The van der Waals surface area contributed by atoms with E-state index in [1.807, 2.05) is 6.07 Å². The van der Waals surface area contributed by atoms with Gasteiger partial charge in [-0.15, -0.1) is 0 Å². The van der Waals surface area contributed by atoms with Crippen LogP contribution >= 0.6 is 0 Å². The predicted molar refractivity (Wildman–Crippen MR) is 133 cm³/mol. The smallest absolute Gasteiger partial charge is 0.251 e. The van der Waals surface area contributed by atoms with E-state index in [0.29, 0.717) is 29.8 Å². The summed E-state index contributed by atoms with van der Waals surface area (Å²) in [6.07, 6.45) is 3.41. The van der Waals surface area contributed by atoms with E-state index in [9.17, 15) is 18.0 Å². The molecular weight excluding hydrogens is 464 g/mol. The fourth-order valence-electron chi connectivity index (χ4n) is 3.98. The van der Waals surface area contributed by atoms with Crippen LogP contribution in [0.2, 0.25) is 0 Å². The molecule has 7 nitrogen and oxygen atoms in total. The van der Waals surface area contributed by atoms with Crippen molar-refractivity contribution < 1.29 is 22.7 Å². The number of ether oxygens (including phenoxy) is 1. The van der Waals surface area contributed by atoms with Crippen molar-refractivity contribution >= 4 is 21.7 Å². The number of fused-ring (bicyclic) bond motifs is 1. The van der Waals surface area contributed by atoms with Crippen molar-refractivity contribution in [3.63, 3.8) is 0 Å². The molecule has 35 heavy (non-hydrogen) atoms. The molecule has 0 aromatic heterocycles. The lowest BCUT2D eigenvalue weighted by Crippen LogP contribution is -2.28. The summed E-state index contributed by atoms with van der Waals surface area (Å²) in [5.74, 6) is 0.472. The third-order valence-corrected chi connectivity index (χ3v) is 7.40. The lowest BCUT2D eigenvalue weighted by Gasteiger charge is -2.10. The normalized spacial score (nSPS) is 12.7. The topological polar surface area (TPSA) is 102 Å². The van der Waals surface area contributed by atoms with Crippen LogP contribution < -0.4 is 14.8 Å². The minimum atomic E-state index is -3.72. The largest absolute Gasteiger partial charge is 0.492 e. The highest BCUT2D eigenvalue weighted by Crippen LogP contribution is 2.25. The van der Waals surface area contributed by atoms with Crippen LogP contribution in [0.5, 0.6) is 5.75 Å². The summed E-state index contributed by atoms with van der Waals surface area (Å²) >= 11 is 0. The highest BCUT2D eigenvalue weighted by atomic mass is 32.2. The summed E-state index contributed by atoms with van der Waals surface area (Å²) in [5.41, 5.74) is 4.39. The number of benzene rings is 3. The van der Waals surface area contributed by atoms with Gasteiger partial charge in [-0.05, 0) is 79.3 Å². The maximum atomic E-state index is 12.5. The monoisotopic (exact) mass is 492 g/mol. The number of hydrogen-bond acceptors (Lipinski definition) is 5. The maximum absolute atomic E-state index is 12.5. The Hall–Kier alpha value is -3.49. The third-order valence-electron chi connectivity index (χ3n) is 5.98. The number of amides is 1. The minimum Gasteiger partial charge on any atom is -0.492 e. The molecule has 4 rings (SSSR count). The first-order valence-electron chi connectivity index (χ1n) is 11.5. The second-order valence-electron chi connectivity index (χ2n) is 8.49. The summed E-state index contributed by atoms with van der Waals surface area (Å²) in [7, 11) is -3.72. The molecule has 1 aliphatic rings. The van der Waals surface area contributed by atoms with E-state index < -0.39 is 10.0 Å². The van der Waals surface area contributed by atoms with Crippen molar-refractivity contribution in [2.75, 3.05) is 13.2 Å². The van der Waals surface area contributed by atoms with Gasteiger partial charge in [0.05, 0.1) is 11.4 Å². The summed E-state index contributed by atoms with van der Waals surface area (Å²) in [6.45, 7) is 2.25. The molecule has 8 heteroatoms. The van der Waals surface area contributed by atoms with E-state index in [4.69, 9.17) is 4.74 Å². The Balaban J connectivity index is 1.23. The molecule has 1 aliphatic carbocycles. The van der Waals surface area contributed by atoms with Crippen LogP contribution in [0.25, 0.3) is 0 Å². The predicted octanol–water partition coefficient (Wildman–Crippen LogP) is 3.67. The molecule has 0 unspecified atom stereocenters. The van der Waals surface area contributed by atoms with Gasteiger partial charge in [0.25, 0.3) is 5.91 Å². The van der Waals surface area contributed by atoms with Crippen molar-refractivity contribution in [1.82, 2.24) is 10.0 Å². The Bertz CT molecular complexity index is 1320. The summed E-state index contributed by atoms with van der Waals surface area (Å²) in [5, 5.41) is 2.83. The first-order chi connectivity index (χ1) is 16.8. The molecule has 0 atom stereocenters. The fourth-order valence-corrected chi connectivity index (χ4v) is 5.00. The van der Waals surface area contributed by atoms with E-state index in [1.54, 1.807) is 24.3 Å². The molecule has 0 radical (unpaired) electrons. The molecule has 0 aliphatic heterocycles. The number of carbonyl (C=O) groups excluding carboxylic acids is 2. The Morgan fingerprint density at radius 2 is 1.57 bits per heavy atom. The van der Waals surface area contributed by atoms with Crippen LogP contribution in [-0.4, -0.2) is 33.3 Å². The van der Waals surface area contributed by atoms with E-state index in [2.05, 4.69) is 22.2 Å². The van der Waals surface area contributed by atoms with Gasteiger partial charge in [0.2, 0.25) is 10.0 Å². The van der Waals surface area contributed by atoms with Gasteiger partial charge >= 0.3 is 0 Å². The third kappa shape index (κ3) is 6.35. The molecule has 3 aromatic carbocycles. The zero-order chi connectivity index (χ0) is 24.8. The number of aryl methyl sites for hydroxylation is 2. The Kier molecular flexibility index (Phi) is 7.63. The lowest BCUT2D eigenvalue weighted by atomic mass is 10.1. The van der Waals surface area contributed by atoms with Crippen LogP contribution in [0.4, 0.5) is 0 Å². The second-order valence-corrected chi connectivity index (χ2v) is 10.3. The molecule has 182 valence electrons. The van der Waals surface area contributed by atoms with Gasteiger partial charge < -0.3 is 10.1 Å². The summed E-state index contributed by atoms with van der Waals surface area (Å²) < 4.78 is 33.3. The van der Waals surface area contributed by atoms with Crippen LogP contribution in [0.3, 0.4) is 0 Å². The first-order valence-corrected chi connectivity index (χ1v) is 13.0. The van der Waals surface area contributed by atoms with Crippen LogP contribution in [-0.2, 0) is 29.4 Å². The van der Waals surface area contributed by atoms with Crippen molar-refractivity contribution in [1.29, 1.82) is 0 Å². The maximum Gasteiger partial charge on any atom is 0.251 e. The number of nitrogens with one attached hydrogen (secondary N) is 2. The van der Waals surface area contributed by atoms with Gasteiger partial charge in [0, 0.05) is 17.7 Å². The molecule has 1 amide bonds. The van der Waals surface area contributed by atoms with Gasteiger partial charge in [-0.1, -0.05) is 30.3 Å². The fraction of sp³-hybridized carbons (Fsp3) is 0.259. The lowest BCUT2D eigenvalue weighted by molar-refractivity contribution is 0.0946. The zero-order valence-electron chi connectivity index (χ0n) is 19.5. The average Bonchev–Trinajstić information content (AvgIpc) is 3.34. The average molecular weight is 493 g/mol. The number of hydrogen-bond donors (Lipinski definition) is 2. The molecule has 2 N–H and O–H groups in total. The molecular formula is C27H28N2O5S. The van der Waals surface area contributed by atoms with E-state index in [1.165, 1.54) is 48.7 Å². The summed E-state index contributed by atoms with van der Waals surface area (Å²) in [4.78, 5) is 23.8. The molecule has 0 saturated carbocycles. The molecule has 0 spiro atoms. The van der Waals surface area contributed by atoms with Crippen LogP contribution in [0.1, 0.15) is 50.8 Å². The van der Waals surface area contributed by atoms with Crippen LogP contribution in [0.15, 0.2) is 71.6 Å². The van der Waals surface area contributed by atoms with Gasteiger partial charge in [0.1, 0.15) is 12.4 Å². The number of ketones is 1. The van der Waals surface area contributed by atoms with Gasteiger partial charge in [0.15, 0.2) is 5.78 Å². The molecule has 3 aromatic rings. The number of carbonyl (C=O) groups is 2. The van der Waals surface area contributed by atoms with E-state index >= 15 is 0 Å². The van der Waals surface area contributed by atoms with Gasteiger partial charge in [-0.25, -0.2) is 13.1 Å². The number of sulfonamides is 1. The standard InChI is InChI=1S/C27H28N2O5S/c1-19(30)21-10-13-26(14-11-21)35(32,33)29-18-20-5-7-23(8-6-20)27(31)28-15-16-34-25-12-9-22-3-2-4-24(22)17-25/h5-14,17,29H,2-4,15-16,18H2,1H3,(H,28,31).